The first-order valence-electron chi connectivity index (χ1n) is 21.5. The minimum atomic E-state index is -6.13. The maximum Gasteiger partial charge on any atom is 0.416 e. The molecule has 78 heavy (non-hydrogen) atoms. The molecule has 0 amide bonds. The molecule has 0 aliphatic rings. The standard InChI is InChI=1S/C32H12BF24.C18H17N2O/c34-25(35,36)13-1-14(26(37,38)39)6-21(5-13)33(22-7-15(27(40,41)42)2-16(8-22)28(43,44)45,23-9-17(29(46,47)48)3-18(10-23)30(49,50)51)24-11-19(31(52,53)54)4-20(12-24)32(55,56)57;1-15-7-9-17(10-8-15)21-18-13-19-11-12-20(18)14-16-5-3-2-4-6-16/h1-12H;2-13H,14H2,1H3/q-1;+1. The molecule has 7 rings (SSSR count). The van der Waals surface area contributed by atoms with Crippen molar-refractivity contribution in [2.45, 2.75) is 62.9 Å². The molecule has 0 radical (unpaired) electrons. The fourth-order valence-corrected chi connectivity index (χ4v) is 8.17. The van der Waals surface area contributed by atoms with Gasteiger partial charge < -0.3 is 4.74 Å². The topological polar surface area (TPSA) is 26.0 Å². The van der Waals surface area contributed by atoms with E-state index in [9.17, 15) is 105 Å². The third-order valence-electron chi connectivity index (χ3n) is 11.7. The Bertz CT molecular complexity index is 2800. The van der Waals surface area contributed by atoms with Crippen molar-refractivity contribution in [3.05, 3.63) is 202 Å². The molecule has 6 aromatic carbocycles. The molecular weight excluding hydrogens is 1110 g/mol. The quantitative estimate of drug-likeness (QED) is 0.0861. The van der Waals surface area contributed by atoms with E-state index in [0.29, 0.717) is 0 Å². The lowest BCUT2D eigenvalue weighted by Crippen LogP contribution is -2.75. The van der Waals surface area contributed by atoms with E-state index in [0.717, 1.165) is 18.2 Å². The Hall–Kier alpha value is -7.42. The molecule has 0 bridgehead atoms. The number of halogens is 24. The molecule has 1 heterocycles. The largest absolute Gasteiger partial charge is 0.416 e. The maximum atomic E-state index is 14.2. The molecule has 3 nitrogen and oxygen atoms in total. The molecular formula is C50H29BF24N2O. The molecule has 0 aliphatic carbocycles. The van der Waals surface area contributed by atoms with E-state index in [1.807, 2.05) is 53.2 Å². The van der Waals surface area contributed by atoms with Gasteiger partial charge >= 0.3 is 55.3 Å². The Morgan fingerprint density at radius 1 is 0.385 bits per heavy atom. The van der Waals surface area contributed by atoms with Gasteiger partial charge in [0.1, 0.15) is 18.1 Å². The van der Waals surface area contributed by atoms with Crippen molar-refractivity contribution in [1.29, 1.82) is 0 Å². The van der Waals surface area contributed by atoms with Crippen LogP contribution in [-0.4, -0.2) is 11.1 Å². The first-order chi connectivity index (χ1) is 35.6. The fraction of sp³-hybridized carbons (Fsp3) is 0.200. The van der Waals surface area contributed by atoms with Crippen molar-refractivity contribution in [2.75, 3.05) is 0 Å². The number of hydrogen-bond acceptors (Lipinski definition) is 2. The molecule has 28 heteroatoms. The monoisotopic (exact) mass is 1140 g/mol. The molecule has 0 aliphatic heterocycles. The summed E-state index contributed by atoms with van der Waals surface area (Å²) in [5.41, 5.74) is -27.8. The second kappa shape index (κ2) is 21.1. The normalized spacial score (nSPS) is 13.2. The van der Waals surface area contributed by atoms with Crippen LogP contribution in [0.15, 0.2) is 146 Å². The average molecular weight is 1140 g/mol. The van der Waals surface area contributed by atoms with E-state index in [-0.39, 0.29) is 0 Å². The molecule has 0 fully saturated rings. The van der Waals surface area contributed by atoms with Crippen LogP contribution in [-0.2, 0) is 56.0 Å². The minimum absolute atomic E-state index is 0.691. The number of ether oxygens (including phenoxy) is 1. The van der Waals surface area contributed by atoms with Crippen LogP contribution in [0.5, 0.6) is 11.6 Å². The number of rotatable bonds is 8. The van der Waals surface area contributed by atoms with Crippen LogP contribution in [0.4, 0.5) is 105 Å². The van der Waals surface area contributed by atoms with Gasteiger partial charge in [0.2, 0.25) is 0 Å². The molecule has 1 aromatic heterocycles. The highest BCUT2D eigenvalue weighted by Crippen LogP contribution is 2.41. The summed E-state index contributed by atoms with van der Waals surface area (Å²) >= 11 is 0. The number of aromatic nitrogens is 2. The van der Waals surface area contributed by atoms with Crippen molar-refractivity contribution in [2.24, 2.45) is 0 Å². The predicted octanol–water partition coefficient (Wildman–Crippen LogP) is 14.7. The Balaban J connectivity index is 0.000000387. The Kier molecular flexibility index (Phi) is 16.2. The molecule has 7 aromatic rings. The van der Waals surface area contributed by atoms with Crippen LogP contribution in [0.1, 0.15) is 55.6 Å². The third kappa shape index (κ3) is 14.0. The van der Waals surface area contributed by atoms with Crippen LogP contribution < -0.4 is 31.2 Å². The van der Waals surface area contributed by atoms with Crippen molar-refractivity contribution in [3.63, 3.8) is 0 Å². The summed E-state index contributed by atoms with van der Waals surface area (Å²) in [6.07, 6.45) is -49.4. The number of hydrogen-bond donors (Lipinski definition) is 0. The minimum Gasteiger partial charge on any atom is -0.404 e. The Labute approximate surface area is 423 Å². The lowest BCUT2D eigenvalue weighted by Gasteiger charge is -2.46. The highest BCUT2D eigenvalue weighted by atomic mass is 19.4. The van der Waals surface area contributed by atoms with Gasteiger partial charge in [-0.3, -0.25) is 0 Å². The second-order valence-corrected chi connectivity index (χ2v) is 17.2. The van der Waals surface area contributed by atoms with Gasteiger partial charge in [-0.1, -0.05) is 96.6 Å². The van der Waals surface area contributed by atoms with Crippen LogP contribution >= 0.6 is 0 Å². The smallest absolute Gasteiger partial charge is 0.404 e. The zero-order valence-corrected chi connectivity index (χ0v) is 38.5. The van der Waals surface area contributed by atoms with Gasteiger partial charge in [-0.25, -0.2) is 4.98 Å². The molecule has 0 atom stereocenters. The summed E-state index contributed by atoms with van der Waals surface area (Å²) in [4.78, 5) is 4.15. The van der Waals surface area contributed by atoms with Gasteiger partial charge in [-0.05, 0) is 43.3 Å². The van der Waals surface area contributed by atoms with Crippen molar-refractivity contribution < 1.29 is 115 Å². The van der Waals surface area contributed by atoms with Crippen LogP contribution in [0.25, 0.3) is 0 Å². The molecule has 0 spiro atoms. The van der Waals surface area contributed by atoms with E-state index in [1.165, 1.54) is 11.1 Å². The molecule has 0 unspecified atom stereocenters. The van der Waals surface area contributed by atoms with E-state index in [4.69, 9.17) is 4.74 Å². The summed E-state index contributed by atoms with van der Waals surface area (Å²) in [6, 6.07) is 9.49. The predicted molar refractivity (Wildman–Crippen MR) is 231 cm³/mol. The van der Waals surface area contributed by atoms with Gasteiger partial charge in [-0.2, -0.15) is 132 Å². The van der Waals surface area contributed by atoms with Gasteiger partial charge in [0.25, 0.3) is 0 Å². The summed E-state index contributed by atoms with van der Waals surface area (Å²) in [5, 5.41) is 0. The van der Waals surface area contributed by atoms with Crippen molar-refractivity contribution in [1.82, 2.24) is 4.98 Å². The van der Waals surface area contributed by atoms with Gasteiger partial charge in [0.15, 0.2) is 12.7 Å². The van der Waals surface area contributed by atoms with E-state index in [2.05, 4.69) is 24.0 Å². The number of aryl methyl sites for hydroxylation is 1. The van der Waals surface area contributed by atoms with Crippen molar-refractivity contribution in [3.8, 4) is 11.6 Å². The molecule has 0 saturated heterocycles. The first kappa shape index (κ1) is 59.8. The zero-order chi connectivity index (χ0) is 58.4. The fourth-order valence-electron chi connectivity index (χ4n) is 8.17. The zero-order valence-electron chi connectivity index (χ0n) is 38.5. The van der Waals surface area contributed by atoms with E-state index >= 15 is 0 Å². The molecule has 0 N–H and O–H groups in total. The molecule has 416 valence electrons. The SMILES string of the molecule is Cc1ccc(Oc2cncc[n+]2Cc2ccccc2)cc1.FC(F)(F)c1cc([B-](c2cc(C(F)(F)F)cc(C(F)(F)F)c2)(c2cc(C(F)(F)F)cc(C(F)(F)F)c2)c2cc(C(F)(F)F)cc(C(F)(F)F)c2)cc(C(F)(F)F)c1. The summed E-state index contributed by atoms with van der Waals surface area (Å²) in [7, 11) is 0. The average Bonchev–Trinajstić information content (AvgIpc) is 3.44. The second-order valence-electron chi connectivity index (χ2n) is 17.2. The lowest BCUT2D eigenvalue weighted by atomic mass is 9.12. The maximum absolute atomic E-state index is 14.2. The number of nitrogens with zero attached hydrogens (tertiary/aromatic N) is 2. The van der Waals surface area contributed by atoms with Gasteiger partial charge in [-0.15, -0.1) is 0 Å². The van der Waals surface area contributed by atoms with Gasteiger partial charge in [0.05, 0.1) is 50.7 Å². The van der Waals surface area contributed by atoms with Crippen LogP contribution in [0.3, 0.4) is 0 Å². The van der Waals surface area contributed by atoms with Gasteiger partial charge in [0, 0.05) is 5.56 Å². The number of benzene rings is 6. The van der Waals surface area contributed by atoms with E-state index in [1.54, 1.807) is 12.4 Å². The number of alkyl halides is 24. The summed E-state index contributed by atoms with van der Waals surface area (Å²) in [5.74, 6) is 1.54. The first-order valence-corrected chi connectivity index (χ1v) is 21.5. The van der Waals surface area contributed by atoms with Crippen molar-refractivity contribution >= 4 is 28.0 Å². The molecule has 0 saturated carbocycles. The highest BCUT2D eigenvalue weighted by molar-refractivity contribution is 7.20. The third-order valence-corrected chi connectivity index (χ3v) is 11.7. The Morgan fingerprint density at radius 3 is 0.936 bits per heavy atom. The summed E-state index contributed by atoms with van der Waals surface area (Å²) in [6.45, 7) is 2.81. The lowest BCUT2D eigenvalue weighted by molar-refractivity contribution is -0.692. The highest BCUT2D eigenvalue weighted by Gasteiger charge is 2.47. The summed E-state index contributed by atoms with van der Waals surface area (Å²) < 4.78 is 349. The van der Waals surface area contributed by atoms with E-state index < -0.39 is 195 Å². The Morgan fingerprint density at radius 2 is 0.667 bits per heavy atom. The van der Waals surface area contributed by atoms with Crippen LogP contribution in [0, 0.1) is 6.92 Å². The van der Waals surface area contributed by atoms with Crippen LogP contribution in [0.2, 0.25) is 0 Å².